The number of thioether (sulfide) groups is 1. The Morgan fingerprint density at radius 2 is 1.80 bits per heavy atom. The molecule has 0 radical (unpaired) electrons. The molecule has 110 valence electrons. The summed E-state index contributed by atoms with van der Waals surface area (Å²) < 4.78 is 73.1. The molecular formula is C11H8F6N2S. The smallest absolute Gasteiger partial charge is 0.384 e. The summed E-state index contributed by atoms with van der Waals surface area (Å²) in [6.07, 6.45) is -4.64. The highest BCUT2D eigenvalue weighted by Crippen LogP contribution is 2.33. The van der Waals surface area contributed by atoms with Crippen molar-refractivity contribution < 1.29 is 26.3 Å². The van der Waals surface area contributed by atoms with E-state index in [1.54, 1.807) is 0 Å². The highest BCUT2D eigenvalue weighted by molar-refractivity contribution is 8.00. The Labute approximate surface area is 114 Å². The summed E-state index contributed by atoms with van der Waals surface area (Å²) in [5.74, 6) is -0.285. The molecule has 0 bridgehead atoms. The van der Waals surface area contributed by atoms with Crippen LogP contribution in [0.2, 0.25) is 0 Å². The van der Waals surface area contributed by atoms with Crippen LogP contribution in [0.4, 0.5) is 32.0 Å². The van der Waals surface area contributed by atoms with Crippen molar-refractivity contribution >= 4 is 17.4 Å². The van der Waals surface area contributed by atoms with Gasteiger partial charge in [0.05, 0.1) is 17.2 Å². The highest BCUT2D eigenvalue weighted by Gasteiger charge is 2.33. The van der Waals surface area contributed by atoms with Crippen molar-refractivity contribution in [1.29, 1.82) is 5.26 Å². The molecule has 20 heavy (non-hydrogen) atoms. The predicted molar refractivity (Wildman–Crippen MR) is 63.2 cm³/mol. The number of anilines is 1. The average Bonchev–Trinajstić information content (AvgIpc) is 2.32. The van der Waals surface area contributed by atoms with Gasteiger partial charge in [-0.3, -0.25) is 0 Å². The molecular weight excluding hydrogens is 306 g/mol. The second kappa shape index (κ2) is 6.26. The fourth-order valence-electron chi connectivity index (χ4n) is 1.36. The molecule has 0 aromatic heterocycles. The quantitative estimate of drug-likeness (QED) is 0.667. The highest BCUT2D eigenvalue weighted by atomic mass is 32.2. The molecule has 1 aromatic rings. The van der Waals surface area contributed by atoms with Crippen LogP contribution in [0.3, 0.4) is 0 Å². The van der Waals surface area contributed by atoms with Gasteiger partial charge in [-0.2, -0.15) is 31.6 Å². The van der Waals surface area contributed by atoms with Crippen LogP contribution < -0.4 is 5.32 Å². The van der Waals surface area contributed by atoms with Gasteiger partial charge in [-0.05, 0) is 30.0 Å². The van der Waals surface area contributed by atoms with Crippen LogP contribution in [0, 0.1) is 11.3 Å². The maximum atomic E-state index is 12.5. The molecule has 1 N–H and O–H groups in total. The number of hydrogen-bond donors (Lipinski definition) is 1. The fraction of sp³-hybridized carbons (Fsp3) is 0.364. The van der Waals surface area contributed by atoms with Crippen molar-refractivity contribution in [1.82, 2.24) is 0 Å². The molecule has 0 atom stereocenters. The van der Waals surface area contributed by atoms with Crippen molar-refractivity contribution in [2.75, 3.05) is 17.6 Å². The van der Waals surface area contributed by atoms with Crippen LogP contribution in [0.5, 0.6) is 0 Å². The van der Waals surface area contributed by atoms with Gasteiger partial charge in [0.25, 0.3) is 0 Å². The zero-order valence-corrected chi connectivity index (χ0v) is 10.6. The minimum atomic E-state index is -4.64. The van der Waals surface area contributed by atoms with E-state index in [-0.39, 0.29) is 29.7 Å². The van der Waals surface area contributed by atoms with Gasteiger partial charge in [0, 0.05) is 18.0 Å². The molecule has 0 heterocycles. The van der Waals surface area contributed by atoms with Gasteiger partial charge in [-0.1, -0.05) is 0 Å². The van der Waals surface area contributed by atoms with E-state index in [9.17, 15) is 26.3 Å². The molecule has 2 nitrogen and oxygen atoms in total. The molecule has 0 unspecified atom stereocenters. The monoisotopic (exact) mass is 314 g/mol. The van der Waals surface area contributed by atoms with Crippen LogP contribution in [-0.4, -0.2) is 17.8 Å². The van der Waals surface area contributed by atoms with Crippen molar-refractivity contribution in [3.8, 4) is 6.07 Å². The van der Waals surface area contributed by atoms with E-state index in [1.165, 1.54) is 6.07 Å². The molecule has 0 aliphatic heterocycles. The summed E-state index contributed by atoms with van der Waals surface area (Å²) in [6.45, 7) is -0.0829. The van der Waals surface area contributed by atoms with Gasteiger partial charge < -0.3 is 5.32 Å². The Balaban J connectivity index is 2.68. The summed E-state index contributed by atoms with van der Waals surface area (Å²) in [4.78, 5) is 0. The first-order valence-corrected chi connectivity index (χ1v) is 6.18. The number of nitriles is 1. The summed E-state index contributed by atoms with van der Waals surface area (Å²) in [6, 6.07) is 4.16. The van der Waals surface area contributed by atoms with Crippen molar-refractivity contribution in [3.63, 3.8) is 0 Å². The summed E-state index contributed by atoms with van der Waals surface area (Å²) in [7, 11) is 0. The van der Waals surface area contributed by atoms with E-state index in [1.807, 2.05) is 0 Å². The molecule has 9 heteroatoms. The molecule has 0 fully saturated rings. The molecule has 0 aliphatic carbocycles. The van der Waals surface area contributed by atoms with Gasteiger partial charge in [-0.15, -0.1) is 0 Å². The van der Waals surface area contributed by atoms with E-state index in [2.05, 4.69) is 5.32 Å². The minimum absolute atomic E-state index is 0.0829. The second-order valence-electron chi connectivity index (χ2n) is 3.59. The predicted octanol–water partition coefficient (Wildman–Crippen LogP) is 4.24. The zero-order valence-electron chi connectivity index (χ0n) is 9.77. The number of nitrogens with one attached hydrogen (secondary N) is 1. The first-order chi connectivity index (χ1) is 9.13. The maximum Gasteiger partial charge on any atom is 0.441 e. The number of benzene rings is 1. The number of rotatable bonds is 4. The van der Waals surface area contributed by atoms with Crippen molar-refractivity contribution in [3.05, 3.63) is 29.3 Å². The van der Waals surface area contributed by atoms with Gasteiger partial charge in [0.2, 0.25) is 0 Å². The van der Waals surface area contributed by atoms with Crippen molar-refractivity contribution in [2.24, 2.45) is 0 Å². The molecule has 1 rings (SSSR count). The molecule has 0 saturated heterocycles. The third kappa shape index (κ3) is 5.21. The lowest BCUT2D eigenvalue weighted by molar-refractivity contribution is -0.137. The van der Waals surface area contributed by atoms with Gasteiger partial charge >= 0.3 is 11.7 Å². The fourth-order valence-corrected chi connectivity index (χ4v) is 1.79. The van der Waals surface area contributed by atoms with Gasteiger partial charge in [-0.25, -0.2) is 0 Å². The van der Waals surface area contributed by atoms with E-state index in [0.717, 1.165) is 18.2 Å². The SMILES string of the molecule is N#Cc1cc(NCCSC(F)(F)F)ccc1C(F)(F)F. The standard InChI is InChI=1S/C11H8F6N2S/c12-10(13,14)9-2-1-8(5-7(9)6-18)19-3-4-20-11(15,16)17/h1-2,5,19H,3-4H2. The van der Waals surface area contributed by atoms with Gasteiger partial charge in [0.1, 0.15) is 0 Å². The molecule has 0 saturated carbocycles. The van der Waals surface area contributed by atoms with Crippen molar-refractivity contribution in [2.45, 2.75) is 11.7 Å². The van der Waals surface area contributed by atoms with E-state index < -0.39 is 22.8 Å². The molecule has 0 spiro atoms. The summed E-state index contributed by atoms with van der Waals surface area (Å²) in [5, 5.41) is 11.2. The average molecular weight is 314 g/mol. The molecule has 0 amide bonds. The Hall–Kier alpha value is -1.56. The number of nitrogens with zero attached hydrogens (tertiary/aromatic N) is 1. The van der Waals surface area contributed by atoms with Crippen LogP contribution in [0.1, 0.15) is 11.1 Å². The molecule has 1 aromatic carbocycles. The lowest BCUT2D eigenvalue weighted by Crippen LogP contribution is -2.11. The lowest BCUT2D eigenvalue weighted by atomic mass is 10.1. The Morgan fingerprint density at radius 3 is 2.30 bits per heavy atom. The van der Waals surface area contributed by atoms with Crippen LogP contribution in [0.25, 0.3) is 0 Å². The van der Waals surface area contributed by atoms with Gasteiger partial charge in [0.15, 0.2) is 0 Å². The third-order valence-corrected chi connectivity index (χ3v) is 2.88. The number of halogens is 6. The lowest BCUT2D eigenvalue weighted by Gasteiger charge is -2.12. The largest absolute Gasteiger partial charge is 0.441 e. The minimum Gasteiger partial charge on any atom is -0.384 e. The summed E-state index contributed by atoms with van der Waals surface area (Å²) in [5.41, 5.74) is -5.84. The van der Waals surface area contributed by atoms with Crippen LogP contribution >= 0.6 is 11.8 Å². The first-order valence-electron chi connectivity index (χ1n) is 5.19. The topological polar surface area (TPSA) is 35.8 Å². The first kappa shape index (κ1) is 16.5. The van der Waals surface area contributed by atoms with E-state index in [4.69, 9.17) is 5.26 Å². The zero-order chi connectivity index (χ0) is 15.4. The van der Waals surface area contributed by atoms with E-state index >= 15 is 0 Å². The Bertz CT molecular complexity index is 503. The Morgan fingerprint density at radius 1 is 1.15 bits per heavy atom. The van der Waals surface area contributed by atoms with Crippen LogP contribution in [0.15, 0.2) is 18.2 Å². The maximum absolute atomic E-state index is 12.5. The third-order valence-electron chi connectivity index (χ3n) is 2.14. The Kier molecular flexibility index (Phi) is 5.16. The normalized spacial score (nSPS) is 12.1. The van der Waals surface area contributed by atoms with Crippen LogP contribution in [-0.2, 0) is 6.18 Å². The number of alkyl halides is 6. The van der Waals surface area contributed by atoms with E-state index in [0.29, 0.717) is 0 Å². The summed E-state index contributed by atoms with van der Waals surface area (Å²) >= 11 is -0.237. The number of hydrogen-bond acceptors (Lipinski definition) is 3. The molecule has 0 aliphatic rings. The second-order valence-corrected chi connectivity index (χ2v) is 4.75.